The standard InChI is InChI=1S/C19H22N2O5S/c1-14(22)15-7-9-17(10-8-15)21-27(24,25)18-6-3-5-16(13-18)19(23)20-11-4-12-26-2/h3,5-10,13,21H,4,11-12H2,1-2H3,(H,20,23). The lowest BCUT2D eigenvalue weighted by Crippen LogP contribution is -2.25. The molecule has 0 heterocycles. The van der Waals surface area contributed by atoms with E-state index in [1.165, 1.54) is 37.3 Å². The Morgan fingerprint density at radius 1 is 1.04 bits per heavy atom. The first-order valence-electron chi connectivity index (χ1n) is 8.34. The maximum atomic E-state index is 12.6. The fraction of sp³-hybridized carbons (Fsp3) is 0.263. The van der Waals surface area contributed by atoms with Crippen molar-refractivity contribution in [2.75, 3.05) is 25.0 Å². The highest BCUT2D eigenvalue weighted by Crippen LogP contribution is 2.18. The lowest BCUT2D eigenvalue weighted by Gasteiger charge is -2.10. The van der Waals surface area contributed by atoms with E-state index >= 15 is 0 Å². The molecule has 0 radical (unpaired) electrons. The average molecular weight is 390 g/mol. The lowest BCUT2D eigenvalue weighted by atomic mass is 10.1. The van der Waals surface area contributed by atoms with E-state index in [2.05, 4.69) is 10.0 Å². The van der Waals surface area contributed by atoms with E-state index < -0.39 is 10.0 Å². The zero-order chi connectivity index (χ0) is 19.9. The summed E-state index contributed by atoms with van der Waals surface area (Å²) in [6, 6.07) is 11.9. The lowest BCUT2D eigenvalue weighted by molar-refractivity contribution is 0.0947. The highest BCUT2D eigenvalue weighted by molar-refractivity contribution is 7.92. The predicted octanol–water partition coefficient (Wildman–Crippen LogP) is 2.46. The largest absolute Gasteiger partial charge is 0.385 e. The summed E-state index contributed by atoms with van der Waals surface area (Å²) in [5, 5.41) is 2.71. The Labute approximate surface area is 158 Å². The SMILES string of the molecule is COCCCNC(=O)c1cccc(S(=O)(=O)Nc2ccc(C(C)=O)cc2)c1. The Morgan fingerprint density at radius 2 is 1.74 bits per heavy atom. The van der Waals surface area contributed by atoms with E-state index in [9.17, 15) is 18.0 Å². The number of ketones is 1. The van der Waals surface area contributed by atoms with Crippen molar-refractivity contribution in [3.8, 4) is 0 Å². The fourth-order valence-electron chi connectivity index (χ4n) is 2.31. The van der Waals surface area contributed by atoms with Crippen LogP contribution in [0.1, 0.15) is 34.1 Å². The predicted molar refractivity (Wildman–Crippen MR) is 103 cm³/mol. The minimum absolute atomic E-state index is 0.0253. The molecule has 0 aromatic heterocycles. The van der Waals surface area contributed by atoms with Crippen LogP contribution < -0.4 is 10.0 Å². The van der Waals surface area contributed by atoms with Crippen LogP contribution in [-0.2, 0) is 14.8 Å². The number of anilines is 1. The van der Waals surface area contributed by atoms with E-state index in [0.717, 1.165) is 0 Å². The minimum Gasteiger partial charge on any atom is -0.385 e. The highest BCUT2D eigenvalue weighted by Gasteiger charge is 2.16. The summed E-state index contributed by atoms with van der Waals surface area (Å²) in [7, 11) is -2.29. The van der Waals surface area contributed by atoms with Crippen molar-refractivity contribution in [1.29, 1.82) is 0 Å². The van der Waals surface area contributed by atoms with Crippen molar-refractivity contribution < 1.29 is 22.7 Å². The molecular formula is C19H22N2O5S. The second-order valence-corrected chi connectivity index (χ2v) is 7.55. The summed E-state index contributed by atoms with van der Waals surface area (Å²) in [6.07, 6.45) is 0.665. The molecular weight excluding hydrogens is 368 g/mol. The number of carbonyl (C=O) groups excluding carboxylic acids is 2. The smallest absolute Gasteiger partial charge is 0.261 e. The maximum absolute atomic E-state index is 12.6. The Bertz CT molecular complexity index is 908. The van der Waals surface area contributed by atoms with Crippen LogP contribution in [0, 0.1) is 0 Å². The van der Waals surface area contributed by atoms with Crippen molar-refractivity contribution >= 4 is 27.4 Å². The fourth-order valence-corrected chi connectivity index (χ4v) is 3.42. The van der Waals surface area contributed by atoms with Gasteiger partial charge in [-0.3, -0.25) is 14.3 Å². The van der Waals surface area contributed by atoms with E-state index in [1.54, 1.807) is 25.3 Å². The molecule has 2 aromatic carbocycles. The highest BCUT2D eigenvalue weighted by atomic mass is 32.2. The first-order chi connectivity index (χ1) is 12.8. The third kappa shape index (κ3) is 5.90. The number of nitrogens with one attached hydrogen (secondary N) is 2. The van der Waals surface area contributed by atoms with Gasteiger partial charge in [0.15, 0.2) is 5.78 Å². The Balaban J connectivity index is 2.11. The molecule has 2 aromatic rings. The van der Waals surface area contributed by atoms with Crippen LogP contribution in [0.3, 0.4) is 0 Å². The number of methoxy groups -OCH3 is 1. The van der Waals surface area contributed by atoms with Gasteiger partial charge in [-0.15, -0.1) is 0 Å². The molecule has 0 atom stereocenters. The molecule has 0 spiro atoms. The van der Waals surface area contributed by atoms with Crippen LogP contribution in [0.4, 0.5) is 5.69 Å². The van der Waals surface area contributed by atoms with Crippen LogP contribution in [0.2, 0.25) is 0 Å². The summed E-state index contributed by atoms with van der Waals surface area (Å²) >= 11 is 0. The zero-order valence-electron chi connectivity index (χ0n) is 15.2. The van der Waals surface area contributed by atoms with Crippen molar-refractivity contribution in [3.05, 3.63) is 59.7 Å². The molecule has 0 aliphatic rings. The van der Waals surface area contributed by atoms with E-state index in [4.69, 9.17) is 4.74 Å². The number of carbonyl (C=O) groups is 2. The van der Waals surface area contributed by atoms with Gasteiger partial charge in [-0.2, -0.15) is 0 Å². The number of benzene rings is 2. The third-order valence-electron chi connectivity index (χ3n) is 3.76. The van der Waals surface area contributed by atoms with Crippen molar-refractivity contribution in [1.82, 2.24) is 5.32 Å². The summed E-state index contributed by atoms with van der Waals surface area (Å²) in [6.45, 7) is 2.40. The van der Waals surface area contributed by atoms with Crippen LogP contribution in [-0.4, -0.2) is 40.4 Å². The van der Waals surface area contributed by atoms with Gasteiger partial charge in [0, 0.05) is 37.1 Å². The van der Waals surface area contributed by atoms with Gasteiger partial charge >= 0.3 is 0 Å². The van der Waals surface area contributed by atoms with Crippen molar-refractivity contribution in [3.63, 3.8) is 0 Å². The Kier molecular flexibility index (Phi) is 7.09. The summed E-state index contributed by atoms with van der Waals surface area (Å²) in [5.74, 6) is -0.456. The summed E-state index contributed by atoms with van der Waals surface area (Å²) in [5.41, 5.74) is 1.07. The van der Waals surface area contributed by atoms with Gasteiger partial charge in [0.2, 0.25) is 0 Å². The molecule has 0 fully saturated rings. The maximum Gasteiger partial charge on any atom is 0.261 e. The molecule has 2 rings (SSSR count). The van der Waals surface area contributed by atoms with Crippen LogP contribution >= 0.6 is 0 Å². The van der Waals surface area contributed by atoms with Gasteiger partial charge in [0.1, 0.15) is 0 Å². The number of amides is 1. The van der Waals surface area contributed by atoms with Crippen LogP contribution in [0.15, 0.2) is 53.4 Å². The van der Waals surface area contributed by atoms with Crippen LogP contribution in [0.5, 0.6) is 0 Å². The number of rotatable bonds is 9. The molecule has 0 aliphatic heterocycles. The van der Waals surface area contributed by atoms with Gasteiger partial charge < -0.3 is 10.1 Å². The first kappa shape index (κ1) is 20.6. The molecule has 0 aliphatic carbocycles. The Morgan fingerprint density at radius 3 is 2.37 bits per heavy atom. The summed E-state index contributed by atoms with van der Waals surface area (Å²) in [4.78, 5) is 23.4. The molecule has 0 saturated heterocycles. The van der Waals surface area contributed by atoms with Crippen molar-refractivity contribution in [2.24, 2.45) is 0 Å². The zero-order valence-corrected chi connectivity index (χ0v) is 16.0. The number of Topliss-reactive ketones (excluding diaryl/α,β-unsaturated/α-hetero) is 1. The van der Waals surface area contributed by atoms with Crippen LogP contribution in [0.25, 0.3) is 0 Å². The molecule has 2 N–H and O–H groups in total. The van der Waals surface area contributed by atoms with Gasteiger partial charge in [0.25, 0.3) is 15.9 Å². The number of hydrogen-bond acceptors (Lipinski definition) is 5. The summed E-state index contributed by atoms with van der Waals surface area (Å²) < 4.78 is 32.5. The number of ether oxygens (including phenoxy) is 1. The molecule has 0 unspecified atom stereocenters. The molecule has 8 heteroatoms. The second kappa shape index (κ2) is 9.29. The minimum atomic E-state index is -3.87. The first-order valence-corrected chi connectivity index (χ1v) is 9.83. The van der Waals surface area contributed by atoms with Crippen molar-refractivity contribution in [2.45, 2.75) is 18.2 Å². The van der Waals surface area contributed by atoms with E-state index in [0.29, 0.717) is 30.8 Å². The number of sulfonamides is 1. The molecule has 0 saturated carbocycles. The van der Waals surface area contributed by atoms with Gasteiger partial charge in [-0.25, -0.2) is 8.42 Å². The molecule has 1 amide bonds. The molecule has 7 nitrogen and oxygen atoms in total. The topological polar surface area (TPSA) is 102 Å². The monoisotopic (exact) mass is 390 g/mol. The normalized spacial score (nSPS) is 11.0. The third-order valence-corrected chi connectivity index (χ3v) is 5.14. The second-order valence-electron chi connectivity index (χ2n) is 5.87. The number of hydrogen-bond donors (Lipinski definition) is 2. The van der Waals surface area contributed by atoms with Gasteiger partial charge in [0.05, 0.1) is 4.90 Å². The van der Waals surface area contributed by atoms with Gasteiger partial charge in [-0.1, -0.05) is 6.07 Å². The van der Waals surface area contributed by atoms with E-state index in [1.807, 2.05) is 0 Å². The van der Waals surface area contributed by atoms with E-state index in [-0.39, 0.29) is 22.1 Å². The quantitative estimate of drug-likeness (QED) is 0.506. The molecule has 0 bridgehead atoms. The average Bonchev–Trinajstić information content (AvgIpc) is 2.65. The Hall–Kier alpha value is -2.71. The van der Waals surface area contributed by atoms with Gasteiger partial charge in [-0.05, 0) is 55.8 Å². The molecule has 27 heavy (non-hydrogen) atoms. The molecule has 144 valence electrons.